The fraction of sp³-hybridized carbons (Fsp3) is 0.818. The highest BCUT2D eigenvalue weighted by molar-refractivity contribution is 5.83. The number of hydrogen-bond acceptors (Lipinski definition) is 3. The zero-order chi connectivity index (χ0) is 11.5. The molecule has 2 heterocycles. The maximum absolute atomic E-state index is 11.8. The quantitative estimate of drug-likeness (QED) is 0.664. The van der Waals surface area contributed by atoms with Crippen LogP contribution in [0.1, 0.15) is 25.7 Å². The molecule has 90 valence electrons. The van der Waals surface area contributed by atoms with Crippen LogP contribution >= 0.6 is 0 Å². The summed E-state index contributed by atoms with van der Waals surface area (Å²) < 4.78 is 0. The van der Waals surface area contributed by atoms with Crippen LogP contribution in [0.3, 0.4) is 0 Å². The minimum absolute atomic E-state index is 0.0251. The van der Waals surface area contributed by atoms with Crippen LogP contribution in [0.15, 0.2) is 0 Å². The summed E-state index contributed by atoms with van der Waals surface area (Å²) in [7, 11) is 1.79. The summed E-state index contributed by atoms with van der Waals surface area (Å²) in [4.78, 5) is 24.8. The summed E-state index contributed by atoms with van der Waals surface area (Å²) in [5, 5.41) is 6.19. The van der Waals surface area contributed by atoms with Gasteiger partial charge in [0.25, 0.3) is 0 Å². The maximum Gasteiger partial charge on any atom is 0.237 e. The van der Waals surface area contributed by atoms with Crippen LogP contribution in [0, 0.1) is 0 Å². The van der Waals surface area contributed by atoms with E-state index in [9.17, 15) is 9.59 Å². The Kier molecular flexibility index (Phi) is 3.43. The Labute approximate surface area is 95.6 Å². The molecule has 2 atom stereocenters. The van der Waals surface area contributed by atoms with Gasteiger partial charge in [0.15, 0.2) is 0 Å². The number of hydrogen-bond donors (Lipinski definition) is 2. The molecule has 2 rings (SSSR count). The first-order valence-corrected chi connectivity index (χ1v) is 5.94. The van der Waals surface area contributed by atoms with Crippen LogP contribution in [-0.4, -0.2) is 48.9 Å². The average molecular weight is 225 g/mol. The molecule has 2 amide bonds. The second-order valence-electron chi connectivity index (χ2n) is 4.67. The van der Waals surface area contributed by atoms with Gasteiger partial charge in [-0.25, -0.2) is 0 Å². The van der Waals surface area contributed by atoms with Crippen molar-refractivity contribution in [3.8, 4) is 0 Å². The summed E-state index contributed by atoms with van der Waals surface area (Å²) in [6, 6.07) is 0.0977. The van der Waals surface area contributed by atoms with Crippen molar-refractivity contribution in [2.24, 2.45) is 0 Å². The third-order valence-electron chi connectivity index (χ3n) is 3.35. The smallest absolute Gasteiger partial charge is 0.237 e. The summed E-state index contributed by atoms with van der Waals surface area (Å²) in [6.45, 7) is 1.57. The van der Waals surface area contributed by atoms with Crippen molar-refractivity contribution in [3.05, 3.63) is 0 Å². The van der Waals surface area contributed by atoms with Gasteiger partial charge in [0.05, 0.1) is 6.04 Å². The van der Waals surface area contributed by atoms with Crippen LogP contribution in [0.25, 0.3) is 0 Å². The van der Waals surface area contributed by atoms with E-state index in [0.717, 1.165) is 25.8 Å². The molecule has 5 heteroatoms. The third kappa shape index (κ3) is 2.52. The lowest BCUT2D eigenvalue weighted by Gasteiger charge is -2.30. The van der Waals surface area contributed by atoms with Gasteiger partial charge in [0.2, 0.25) is 11.8 Å². The largest absolute Gasteiger partial charge is 0.350 e. The number of carbonyl (C=O) groups is 2. The van der Waals surface area contributed by atoms with Gasteiger partial charge >= 0.3 is 0 Å². The molecule has 0 aliphatic carbocycles. The molecule has 0 bridgehead atoms. The second kappa shape index (κ2) is 4.82. The van der Waals surface area contributed by atoms with Gasteiger partial charge in [0, 0.05) is 26.1 Å². The Balaban J connectivity index is 1.80. The van der Waals surface area contributed by atoms with E-state index in [2.05, 4.69) is 10.6 Å². The van der Waals surface area contributed by atoms with Crippen molar-refractivity contribution in [3.63, 3.8) is 0 Å². The lowest BCUT2D eigenvalue weighted by molar-refractivity contribution is -0.134. The van der Waals surface area contributed by atoms with Crippen LogP contribution in [0.4, 0.5) is 0 Å². The van der Waals surface area contributed by atoms with Gasteiger partial charge < -0.3 is 15.5 Å². The number of likely N-dealkylation sites (tertiary alicyclic amines) is 1. The maximum atomic E-state index is 11.8. The lowest BCUT2D eigenvalue weighted by Crippen LogP contribution is -2.52. The number of nitrogens with one attached hydrogen (secondary N) is 2. The van der Waals surface area contributed by atoms with Gasteiger partial charge in [-0.15, -0.1) is 0 Å². The van der Waals surface area contributed by atoms with Gasteiger partial charge in [-0.05, 0) is 25.8 Å². The highest BCUT2D eigenvalue weighted by Crippen LogP contribution is 2.11. The summed E-state index contributed by atoms with van der Waals surface area (Å²) in [5.74, 6) is 0.259. The SMILES string of the molecule is CN1CC(NC(=O)[C@@H]2CCCN2)CCC1=O. The Hall–Kier alpha value is -1.10. The van der Waals surface area contributed by atoms with Crippen molar-refractivity contribution < 1.29 is 9.59 Å². The summed E-state index contributed by atoms with van der Waals surface area (Å²) in [6.07, 6.45) is 3.30. The molecule has 0 saturated carbocycles. The molecule has 0 radical (unpaired) electrons. The third-order valence-corrected chi connectivity index (χ3v) is 3.35. The molecule has 1 unspecified atom stereocenters. The van der Waals surface area contributed by atoms with Crippen molar-refractivity contribution in [1.29, 1.82) is 0 Å². The molecule has 2 fully saturated rings. The Morgan fingerprint density at radius 3 is 2.94 bits per heavy atom. The van der Waals surface area contributed by atoms with E-state index >= 15 is 0 Å². The molecule has 0 aromatic heterocycles. The van der Waals surface area contributed by atoms with Crippen LogP contribution < -0.4 is 10.6 Å². The Morgan fingerprint density at radius 1 is 1.50 bits per heavy atom. The van der Waals surface area contributed by atoms with Gasteiger partial charge in [-0.1, -0.05) is 0 Å². The van der Waals surface area contributed by atoms with Gasteiger partial charge in [-0.3, -0.25) is 9.59 Å². The molecular weight excluding hydrogens is 206 g/mol. The van der Waals surface area contributed by atoms with E-state index in [4.69, 9.17) is 0 Å². The van der Waals surface area contributed by atoms with E-state index in [-0.39, 0.29) is 23.9 Å². The minimum Gasteiger partial charge on any atom is -0.350 e. The molecule has 5 nitrogen and oxygen atoms in total. The normalized spacial score (nSPS) is 30.6. The first kappa shape index (κ1) is 11.4. The lowest BCUT2D eigenvalue weighted by atomic mass is 10.0. The zero-order valence-corrected chi connectivity index (χ0v) is 9.66. The standard InChI is InChI=1S/C11H19N3O2/c1-14-7-8(4-5-10(14)15)13-11(16)9-3-2-6-12-9/h8-9,12H,2-7H2,1H3,(H,13,16)/t8?,9-/m0/s1. The number of likely N-dealkylation sites (N-methyl/N-ethyl adjacent to an activating group) is 1. The van der Waals surface area contributed by atoms with Crippen molar-refractivity contribution in [2.75, 3.05) is 20.1 Å². The number of carbonyl (C=O) groups excluding carboxylic acids is 2. The first-order chi connectivity index (χ1) is 7.66. The highest BCUT2D eigenvalue weighted by Gasteiger charge is 2.27. The number of piperidine rings is 1. The van der Waals surface area contributed by atoms with Crippen LogP contribution in [-0.2, 0) is 9.59 Å². The van der Waals surface area contributed by atoms with E-state index in [1.165, 1.54) is 0 Å². The molecule has 2 aliphatic rings. The molecule has 2 aliphatic heterocycles. The summed E-state index contributed by atoms with van der Waals surface area (Å²) in [5.41, 5.74) is 0. The minimum atomic E-state index is -0.0251. The Bertz CT molecular complexity index is 287. The molecule has 0 aromatic rings. The number of rotatable bonds is 2. The fourth-order valence-electron chi connectivity index (χ4n) is 2.34. The van der Waals surface area contributed by atoms with Crippen LogP contribution in [0.2, 0.25) is 0 Å². The number of amides is 2. The van der Waals surface area contributed by atoms with E-state index in [1.807, 2.05) is 0 Å². The Morgan fingerprint density at radius 2 is 2.31 bits per heavy atom. The molecular formula is C11H19N3O2. The monoisotopic (exact) mass is 225 g/mol. The molecule has 16 heavy (non-hydrogen) atoms. The molecule has 0 spiro atoms. The summed E-state index contributed by atoms with van der Waals surface area (Å²) >= 11 is 0. The highest BCUT2D eigenvalue weighted by atomic mass is 16.2. The van der Waals surface area contributed by atoms with Gasteiger partial charge in [0.1, 0.15) is 0 Å². The van der Waals surface area contributed by atoms with Crippen molar-refractivity contribution in [2.45, 2.75) is 37.8 Å². The molecule has 0 aromatic carbocycles. The van der Waals surface area contributed by atoms with Crippen LogP contribution in [0.5, 0.6) is 0 Å². The van der Waals surface area contributed by atoms with E-state index in [0.29, 0.717) is 13.0 Å². The van der Waals surface area contributed by atoms with E-state index in [1.54, 1.807) is 11.9 Å². The van der Waals surface area contributed by atoms with Gasteiger partial charge in [-0.2, -0.15) is 0 Å². The average Bonchev–Trinajstić information content (AvgIpc) is 2.77. The fourth-order valence-corrected chi connectivity index (χ4v) is 2.34. The van der Waals surface area contributed by atoms with Crippen molar-refractivity contribution in [1.82, 2.24) is 15.5 Å². The predicted octanol–water partition coefficient (Wildman–Crippen LogP) is -0.525. The number of nitrogens with zero attached hydrogens (tertiary/aromatic N) is 1. The first-order valence-electron chi connectivity index (χ1n) is 5.94. The topological polar surface area (TPSA) is 61.4 Å². The molecule has 2 N–H and O–H groups in total. The molecule has 2 saturated heterocycles. The van der Waals surface area contributed by atoms with E-state index < -0.39 is 0 Å². The second-order valence-corrected chi connectivity index (χ2v) is 4.67. The zero-order valence-electron chi connectivity index (χ0n) is 9.66. The van der Waals surface area contributed by atoms with Crippen molar-refractivity contribution >= 4 is 11.8 Å². The predicted molar refractivity (Wildman–Crippen MR) is 59.8 cm³/mol.